The van der Waals surface area contributed by atoms with Gasteiger partial charge in [0.1, 0.15) is 5.75 Å². The molecule has 0 heterocycles. The highest BCUT2D eigenvalue weighted by atomic mass is 16.5. The summed E-state index contributed by atoms with van der Waals surface area (Å²) in [4.78, 5) is 0. The molecule has 0 fully saturated rings. The maximum absolute atomic E-state index is 8.79. The van der Waals surface area contributed by atoms with Crippen LogP contribution in [0.4, 0.5) is 0 Å². The first-order valence-electron chi connectivity index (χ1n) is 7.73. The Hall–Kier alpha value is -3.31. The summed E-state index contributed by atoms with van der Waals surface area (Å²) in [6.07, 6.45) is 0. The van der Waals surface area contributed by atoms with Crippen molar-refractivity contribution in [2.24, 2.45) is 0 Å². The van der Waals surface area contributed by atoms with E-state index < -0.39 is 0 Å². The van der Waals surface area contributed by atoms with E-state index in [1.54, 1.807) is 7.11 Å². The molecule has 0 saturated carbocycles. The topological polar surface area (TPSA) is 33.0 Å². The summed E-state index contributed by atoms with van der Waals surface area (Å²) in [6, 6.07) is 30.1. The molecule has 0 bridgehead atoms. The van der Waals surface area contributed by atoms with Gasteiger partial charge in [0, 0.05) is 5.39 Å². The molecule has 0 radical (unpaired) electrons. The van der Waals surface area contributed by atoms with Crippen LogP contribution < -0.4 is 4.74 Å². The van der Waals surface area contributed by atoms with Crippen molar-refractivity contribution < 1.29 is 4.74 Å². The highest BCUT2D eigenvalue weighted by Gasteiger charge is 1.97. The number of rotatable bonds is 1. The molecule has 0 aliphatic carbocycles. The van der Waals surface area contributed by atoms with Gasteiger partial charge in [0.15, 0.2) is 0 Å². The number of nitrogens with zero attached hydrogens (tertiary/aromatic N) is 1. The van der Waals surface area contributed by atoms with E-state index in [0.29, 0.717) is 0 Å². The second kappa shape index (κ2) is 7.30. The summed E-state index contributed by atoms with van der Waals surface area (Å²) in [5.41, 5.74) is 0.744. The fourth-order valence-electron chi connectivity index (χ4n) is 2.70. The largest absolute Gasteiger partial charge is 0.496 e. The molecule has 0 amide bonds. The molecule has 0 unspecified atom stereocenters. The zero-order chi connectivity index (χ0) is 16.8. The minimum Gasteiger partial charge on any atom is -0.496 e. The average Bonchev–Trinajstić information content (AvgIpc) is 2.67. The van der Waals surface area contributed by atoms with Crippen LogP contribution in [0, 0.1) is 11.3 Å². The van der Waals surface area contributed by atoms with Crippen LogP contribution in [0.15, 0.2) is 84.9 Å². The lowest BCUT2D eigenvalue weighted by Crippen LogP contribution is -1.83. The van der Waals surface area contributed by atoms with Crippen molar-refractivity contribution in [2.75, 3.05) is 7.11 Å². The van der Waals surface area contributed by atoms with E-state index >= 15 is 0 Å². The lowest BCUT2D eigenvalue weighted by atomic mass is 10.1. The van der Waals surface area contributed by atoms with Gasteiger partial charge in [0.05, 0.1) is 18.7 Å². The fraction of sp³-hybridized carbons (Fsp3) is 0.0455. The van der Waals surface area contributed by atoms with Gasteiger partial charge in [-0.25, -0.2) is 0 Å². The third-order valence-corrected chi connectivity index (χ3v) is 3.88. The highest BCUT2D eigenvalue weighted by Crippen LogP contribution is 2.24. The molecule has 24 heavy (non-hydrogen) atoms. The van der Waals surface area contributed by atoms with Crippen LogP contribution >= 0.6 is 0 Å². The highest BCUT2D eigenvalue weighted by molar-refractivity contribution is 5.88. The Balaban J connectivity index is 0.000000141. The molecule has 2 heteroatoms. The summed E-state index contributed by atoms with van der Waals surface area (Å²) < 4.78 is 5.23. The number of benzene rings is 4. The van der Waals surface area contributed by atoms with Gasteiger partial charge in [-0.1, -0.05) is 72.8 Å². The van der Waals surface area contributed by atoms with Crippen molar-refractivity contribution in [3.8, 4) is 11.8 Å². The third kappa shape index (κ3) is 3.21. The van der Waals surface area contributed by atoms with Crippen LogP contribution in [0.3, 0.4) is 0 Å². The van der Waals surface area contributed by atoms with Crippen LogP contribution in [0.2, 0.25) is 0 Å². The quantitative estimate of drug-likeness (QED) is 0.461. The van der Waals surface area contributed by atoms with Gasteiger partial charge in [-0.05, 0) is 28.3 Å². The Morgan fingerprint density at radius 2 is 1.21 bits per heavy atom. The van der Waals surface area contributed by atoms with E-state index in [1.807, 2.05) is 66.7 Å². The number of nitriles is 1. The lowest BCUT2D eigenvalue weighted by Gasteiger charge is -2.03. The minimum absolute atomic E-state index is 0.744. The van der Waals surface area contributed by atoms with Crippen LogP contribution in [0.1, 0.15) is 5.56 Å². The van der Waals surface area contributed by atoms with Gasteiger partial charge in [-0.15, -0.1) is 0 Å². The fourth-order valence-corrected chi connectivity index (χ4v) is 2.70. The second-order valence-electron chi connectivity index (χ2n) is 5.32. The smallest absolute Gasteiger partial charge is 0.126 e. The van der Waals surface area contributed by atoms with E-state index in [0.717, 1.165) is 22.1 Å². The molecule has 0 saturated heterocycles. The SMILES string of the molecule is COc1cccc2ccccc12.N#Cc1cccc2ccccc12. The summed E-state index contributed by atoms with van der Waals surface area (Å²) in [6.45, 7) is 0. The van der Waals surface area contributed by atoms with Crippen LogP contribution in [-0.2, 0) is 0 Å². The van der Waals surface area contributed by atoms with Crippen molar-refractivity contribution >= 4 is 21.5 Å². The monoisotopic (exact) mass is 311 g/mol. The zero-order valence-electron chi connectivity index (χ0n) is 13.4. The van der Waals surface area contributed by atoms with Gasteiger partial charge in [0.2, 0.25) is 0 Å². The van der Waals surface area contributed by atoms with Gasteiger partial charge < -0.3 is 4.74 Å². The molecule has 4 rings (SSSR count). The summed E-state index contributed by atoms with van der Waals surface area (Å²) in [5, 5.41) is 13.3. The maximum atomic E-state index is 8.79. The molecule has 0 N–H and O–H groups in total. The van der Waals surface area contributed by atoms with E-state index in [1.165, 1.54) is 10.8 Å². The Bertz CT molecular complexity index is 1000. The van der Waals surface area contributed by atoms with Crippen molar-refractivity contribution in [1.82, 2.24) is 0 Å². The number of hydrogen-bond donors (Lipinski definition) is 0. The Morgan fingerprint density at radius 1 is 0.667 bits per heavy atom. The molecule has 116 valence electrons. The molecule has 0 atom stereocenters. The van der Waals surface area contributed by atoms with Crippen LogP contribution in [-0.4, -0.2) is 7.11 Å². The molecule has 0 spiro atoms. The average molecular weight is 311 g/mol. The van der Waals surface area contributed by atoms with Crippen LogP contribution in [0.25, 0.3) is 21.5 Å². The van der Waals surface area contributed by atoms with Crippen molar-refractivity contribution in [3.63, 3.8) is 0 Å². The molecule has 2 nitrogen and oxygen atoms in total. The summed E-state index contributed by atoms with van der Waals surface area (Å²) in [7, 11) is 1.70. The lowest BCUT2D eigenvalue weighted by molar-refractivity contribution is 0.420. The van der Waals surface area contributed by atoms with E-state index in [9.17, 15) is 0 Å². The number of methoxy groups -OCH3 is 1. The first-order valence-corrected chi connectivity index (χ1v) is 7.73. The van der Waals surface area contributed by atoms with E-state index in [2.05, 4.69) is 24.3 Å². The summed E-state index contributed by atoms with van der Waals surface area (Å²) in [5.74, 6) is 0.938. The standard InChI is InChI=1S/C11H7N.C11H10O/c12-8-10-6-3-5-9-4-1-2-7-11(9)10;1-12-11-8-4-6-9-5-2-3-7-10(9)11/h1-7H;2-8H,1H3. The second-order valence-corrected chi connectivity index (χ2v) is 5.32. The van der Waals surface area contributed by atoms with Gasteiger partial charge in [0.25, 0.3) is 0 Å². The molecule has 4 aromatic carbocycles. The normalized spacial score (nSPS) is 9.83. The minimum atomic E-state index is 0.744. The zero-order valence-corrected chi connectivity index (χ0v) is 13.4. The predicted molar refractivity (Wildman–Crippen MR) is 99.2 cm³/mol. The van der Waals surface area contributed by atoms with Crippen molar-refractivity contribution in [1.29, 1.82) is 5.26 Å². The maximum Gasteiger partial charge on any atom is 0.126 e. The Labute approximate surface area is 141 Å². The Morgan fingerprint density at radius 3 is 1.88 bits per heavy atom. The predicted octanol–water partition coefficient (Wildman–Crippen LogP) is 5.56. The molecule has 4 aromatic rings. The molecule has 0 aliphatic heterocycles. The number of hydrogen-bond acceptors (Lipinski definition) is 2. The van der Waals surface area contributed by atoms with Gasteiger partial charge in [-0.3, -0.25) is 0 Å². The van der Waals surface area contributed by atoms with Crippen LogP contribution in [0.5, 0.6) is 5.75 Å². The summed E-state index contributed by atoms with van der Waals surface area (Å²) >= 11 is 0. The van der Waals surface area contributed by atoms with Gasteiger partial charge >= 0.3 is 0 Å². The Kier molecular flexibility index (Phi) is 4.74. The molecular formula is C22H17NO. The van der Waals surface area contributed by atoms with E-state index in [-0.39, 0.29) is 0 Å². The van der Waals surface area contributed by atoms with E-state index in [4.69, 9.17) is 10.00 Å². The van der Waals surface area contributed by atoms with Crippen molar-refractivity contribution in [2.45, 2.75) is 0 Å². The third-order valence-electron chi connectivity index (χ3n) is 3.88. The number of fused-ring (bicyclic) bond motifs is 2. The van der Waals surface area contributed by atoms with Crippen molar-refractivity contribution in [3.05, 3.63) is 90.5 Å². The molecule has 0 aliphatic rings. The molecular weight excluding hydrogens is 294 g/mol. The first kappa shape index (κ1) is 15.6. The van der Waals surface area contributed by atoms with Gasteiger partial charge in [-0.2, -0.15) is 5.26 Å². The number of ether oxygens (including phenoxy) is 1. The molecule has 0 aromatic heterocycles. The first-order chi connectivity index (χ1) is 11.8.